The van der Waals surface area contributed by atoms with E-state index >= 15 is 0 Å². The molecule has 3 aromatic rings. The second kappa shape index (κ2) is 9.00. The Kier molecular flexibility index (Phi) is 6.22. The number of aromatic nitrogens is 2. The predicted octanol–water partition coefficient (Wildman–Crippen LogP) is 2.86. The number of esters is 1. The molecule has 0 saturated heterocycles. The Hall–Kier alpha value is -3.69. The molecule has 0 bridgehead atoms. The molecule has 1 aromatic heterocycles. The SMILES string of the molecule is COc1cc(COC(=O)Cn2nc(-c3ccccc3)oc2=O)ccc1OC(F)F. The third-order valence-corrected chi connectivity index (χ3v) is 3.75. The Morgan fingerprint density at radius 1 is 1.17 bits per heavy atom. The van der Waals surface area contributed by atoms with E-state index in [0.717, 1.165) is 4.68 Å². The summed E-state index contributed by atoms with van der Waals surface area (Å²) in [4.78, 5) is 23.9. The number of methoxy groups -OCH3 is 1. The van der Waals surface area contributed by atoms with Crippen LogP contribution in [-0.2, 0) is 22.7 Å². The van der Waals surface area contributed by atoms with Crippen molar-refractivity contribution in [3.63, 3.8) is 0 Å². The lowest BCUT2D eigenvalue weighted by Crippen LogP contribution is -2.22. The van der Waals surface area contributed by atoms with Crippen LogP contribution in [0.2, 0.25) is 0 Å². The fraction of sp³-hybridized carbons (Fsp3) is 0.211. The van der Waals surface area contributed by atoms with Gasteiger partial charge in [-0.15, -0.1) is 5.10 Å². The smallest absolute Gasteiger partial charge is 0.437 e. The molecular weight excluding hydrogens is 390 g/mol. The highest BCUT2D eigenvalue weighted by Gasteiger charge is 2.15. The van der Waals surface area contributed by atoms with Gasteiger partial charge in [-0.05, 0) is 29.8 Å². The van der Waals surface area contributed by atoms with E-state index in [0.29, 0.717) is 11.1 Å². The molecule has 8 nitrogen and oxygen atoms in total. The van der Waals surface area contributed by atoms with Crippen molar-refractivity contribution in [2.45, 2.75) is 19.8 Å². The van der Waals surface area contributed by atoms with Gasteiger partial charge in [-0.1, -0.05) is 24.3 Å². The molecule has 0 amide bonds. The Morgan fingerprint density at radius 3 is 2.62 bits per heavy atom. The van der Waals surface area contributed by atoms with E-state index in [1.807, 2.05) is 0 Å². The molecule has 3 rings (SSSR count). The van der Waals surface area contributed by atoms with Crippen molar-refractivity contribution in [2.24, 2.45) is 0 Å². The lowest BCUT2D eigenvalue weighted by Gasteiger charge is -2.11. The lowest BCUT2D eigenvalue weighted by atomic mass is 10.2. The largest absolute Gasteiger partial charge is 0.493 e. The Morgan fingerprint density at radius 2 is 1.93 bits per heavy atom. The van der Waals surface area contributed by atoms with E-state index in [-0.39, 0.29) is 24.0 Å². The minimum absolute atomic E-state index is 0.0686. The molecule has 0 saturated carbocycles. The molecule has 1 heterocycles. The first-order valence-corrected chi connectivity index (χ1v) is 8.37. The van der Waals surface area contributed by atoms with Crippen LogP contribution >= 0.6 is 0 Å². The maximum Gasteiger partial charge on any atom is 0.437 e. The van der Waals surface area contributed by atoms with Crippen molar-refractivity contribution in [3.05, 3.63) is 64.6 Å². The van der Waals surface area contributed by atoms with Gasteiger partial charge in [0.15, 0.2) is 11.5 Å². The summed E-state index contributed by atoms with van der Waals surface area (Å²) in [6, 6.07) is 12.9. The van der Waals surface area contributed by atoms with Gasteiger partial charge in [0, 0.05) is 5.56 Å². The van der Waals surface area contributed by atoms with Crippen LogP contribution in [0.4, 0.5) is 8.78 Å². The zero-order valence-corrected chi connectivity index (χ0v) is 15.2. The van der Waals surface area contributed by atoms with Crippen molar-refractivity contribution in [1.82, 2.24) is 9.78 Å². The van der Waals surface area contributed by atoms with Crippen LogP contribution in [0.3, 0.4) is 0 Å². The maximum absolute atomic E-state index is 12.4. The van der Waals surface area contributed by atoms with Crippen LogP contribution in [0.15, 0.2) is 57.7 Å². The minimum atomic E-state index is -2.99. The zero-order valence-electron chi connectivity index (χ0n) is 15.2. The third kappa shape index (κ3) is 5.18. The van der Waals surface area contributed by atoms with Gasteiger partial charge in [0.25, 0.3) is 0 Å². The van der Waals surface area contributed by atoms with E-state index in [1.54, 1.807) is 30.3 Å². The Bertz CT molecular complexity index is 1030. The van der Waals surface area contributed by atoms with Crippen molar-refractivity contribution in [3.8, 4) is 23.0 Å². The van der Waals surface area contributed by atoms with Crippen LogP contribution in [-0.4, -0.2) is 29.5 Å². The average Bonchev–Trinajstić information content (AvgIpc) is 3.07. The van der Waals surface area contributed by atoms with E-state index in [1.165, 1.54) is 25.3 Å². The number of carbonyl (C=O) groups excluding carboxylic acids is 1. The molecule has 0 spiro atoms. The normalized spacial score (nSPS) is 10.8. The van der Waals surface area contributed by atoms with Crippen LogP contribution < -0.4 is 15.2 Å². The van der Waals surface area contributed by atoms with Crippen molar-refractivity contribution in [1.29, 1.82) is 0 Å². The first kappa shape index (κ1) is 20.1. The summed E-state index contributed by atoms with van der Waals surface area (Å²) in [7, 11) is 1.30. The minimum Gasteiger partial charge on any atom is -0.493 e. The van der Waals surface area contributed by atoms with Gasteiger partial charge in [-0.2, -0.15) is 13.5 Å². The fourth-order valence-electron chi connectivity index (χ4n) is 2.43. The molecule has 0 N–H and O–H groups in total. The fourth-order valence-corrected chi connectivity index (χ4v) is 2.43. The molecule has 10 heteroatoms. The summed E-state index contributed by atoms with van der Waals surface area (Å²) in [5.41, 5.74) is 1.07. The number of alkyl halides is 2. The second-order valence-corrected chi connectivity index (χ2v) is 5.72. The standard InChI is InChI=1S/C19H16F2N2O6/c1-26-15-9-12(7-8-14(15)28-18(20)21)11-27-16(24)10-23-19(25)29-17(22-23)13-5-3-2-4-6-13/h2-9,18H,10-11H2,1H3. The molecule has 0 aliphatic carbocycles. The van der Waals surface area contributed by atoms with E-state index in [2.05, 4.69) is 9.84 Å². The van der Waals surface area contributed by atoms with E-state index < -0.39 is 24.9 Å². The van der Waals surface area contributed by atoms with E-state index in [9.17, 15) is 18.4 Å². The van der Waals surface area contributed by atoms with Crippen LogP contribution in [0, 0.1) is 0 Å². The number of carbonyl (C=O) groups is 1. The summed E-state index contributed by atoms with van der Waals surface area (Å²) < 4.78 is 45.0. The van der Waals surface area contributed by atoms with Gasteiger partial charge in [-0.3, -0.25) is 4.79 Å². The van der Waals surface area contributed by atoms with Gasteiger partial charge in [0.1, 0.15) is 13.2 Å². The summed E-state index contributed by atoms with van der Waals surface area (Å²) in [6.07, 6.45) is 0. The first-order valence-electron chi connectivity index (χ1n) is 8.37. The Labute approximate surface area is 163 Å². The third-order valence-electron chi connectivity index (χ3n) is 3.75. The molecule has 152 valence electrons. The molecule has 2 aromatic carbocycles. The van der Waals surface area contributed by atoms with Gasteiger partial charge in [0.2, 0.25) is 5.89 Å². The number of hydrogen-bond acceptors (Lipinski definition) is 7. The summed E-state index contributed by atoms with van der Waals surface area (Å²) in [5.74, 6) is -1.51. The molecular formula is C19H16F2N2O6. The summed E-state index contributed by atoms with van der Waals surface area (Å²) in [6.45, 7) is -3.60. The van der Waals surface area contributed by atoms with Gasteiger partial charge >= 0.3 is 18.3 Å². The zero-order chi connectivity index (χ0) is 20.8. The number of nitrogens with zero attached hydrogens (tertiary/aromatic N) is 2. The number of hydrogen-bond donors (Lipinski definition) is 0. The average molecular weight is 406 g/mol. The number of halogens is 2. The monoisotopic (exact) mass is 406 g/mol. The van der Waals surface area contributed by atoms with Gasteiger partial charge < -0.3 is 18.6 Å². The molecule has 0 aliphatic rings. The highest BCUT2D eigenvalue weighted by molar-refractivity contribution is 5.69. The topological polar surface area (TPSA) is 92.8 Å². The molecule has 0 fully saturated rings. The van der Waals surface area contributed by atoms with Gasteiger partial charge in [-0.25, -0.2) is 4.79 Å². The van der Waals surface area contributed by atoms with Crippen LogP contribution in [0.5, 0.6) is 11.5 Å². The number of ether oxygens (including phenoxy) is 3. The van der Waals surface area contributed by atoms with E-state index in [4.69, 9.17) is 13.9 Å². The molecule has 29 heavy (non-hydrogen) atoms. The quantitative estimate of drug-likeness (QED) is 0.531. The van der Waals surface area contributed by atoms with Crippen molar-refractivity contribution in [2.75, 3.05) is 7.11 Å². The number of rotatable bonds is 8. The lowest BCUT2D eigenvalue weighted by molar-refractivity contribution is -0.146. The molecule has 0 aliphatic heterocycles. The van der Waals surface area contributed by atoms with Crippen LogP contribution in [0.25, 0.3) is 11.5 Å². The molecule has 0 unspecified atom stereocenters. The van der Waals surface area contributed by atoms with Crippen molar-refractivity contribution >= 4 is 5.97 Å². The highest BCUT2D eigenvalue weighted by Crippen LogP contribution is 2.29. The first-order chi connectivity index (χ1) is 14.0. The predicted molar refractivity (Wildman–Crippen MR) is 95.6 cm³/mol. The molecule has 0 atom stereocenters. The number of benzene rings is 2. The summed E-state index contributed by atoms with van der Waals surface area (Å²) in [5, 5.41) is 3.97. The Balaban J connectivity index is 1.62. The maximum atomic E-state index is 12.4. The van der Waals surface area contributed by atoms with Crippen molar-refractivity contribution < 1.29 is 32.2 Å². The van der Waals surface area contributed by atoms with Crippen LogP contribution in [0.1, 0.15) is 5.56 Å². The summed E-state index contributed by atoms with van der Waals surface area (Å²) >= 11 is 0. The second-order valence-electron chi connectivity index (χ2n) is 5.72. The molecule has 0 radical (unpaired) electrons. The highest BCUT2D eigenvalue weighted by atomic mass is 19.3. The van der Waals surface area contributed by atoms with Gasteiger partial charge in [0.05, 0.1) is 7.11 Å².